The molecule has 8 heteroatoms. The van der Waals surface area contributed by atoms with Crippen molar-refractivity contribution in [1.29, 1.82) is 0 Å². The monoisotopic (exact) mass is 303 g/mol. The van der Waals surface area contributed by atoms with Gasteiger partial charge in [0.05, 0.1) is 6.42 Å². The number of hydrogen-bond acceptors (Lipinski definition) is 5. The van der Waals surface area contributed by atoms with Crippen LogP contribution in [0, 0.1) is 0 Å². The first kappa shape index (κ1) is 13.9. The minimum Gasteiger partial charge on any atom is -0.486 e. The predicted octanol–water partition coefficient (Wildman–Crippen LogP) is 0.0156. The second-order valence-electron chi connectivity index (χ2n) is 4.70. The van der Waals surface area contributed by atoms with Crippen LogP contribution in [0.5, 0.6) is 11.5 Å². The Hall–Kier alpha value is -3.03. The molecule has 3 rings (SSSR count). The Morgan fingerprint density at radius 2 is 1.86 bits per heavy atom. The van der Waals surface area contributed by atoms with Crippen molar-refractivity contribution in [3.8, 4) is 11.5 Å². The summed E-state index contributed by atoms with van der Waals surface area (Å²) in [5.41, 5.74) is -0.411. The summed E-state index contributed by atoms with van der Waals surface area (Å²) in [6, 6.07) is 6.23. The molecule has 0 bridgehead atoms. The second kappa shape index (κ2) is 5.76. The molecule has 1 aromatic heterocycles. The summed E-state index contributed by atoms with van der Waals surface area (Å²) in [5.74, 6) is 0.828. The number of benzene rings is 1. The quantitative estimate of drug-likeness (QED) is 0.739. The lowest BCUT2D eigenvalue weighted by atomic mass is 10.2. The van der Waals surface area contributed by atoms with Crippen LogP contribution in [0.25, 0.3) is 0 Å². The third-order valence-corrected chi connectivity index (χ3v) is 2.99. The lowest BCUT2D eigenvalue weighted by molar-refractivity contribution is -0.115. The topological polar surface area (TPSA) is 113 Å². The van der Waals surface area contributed by atoms with Gasteiger partial charge in [-0.1, -0.05) is 0 Å². The Bertz CT molecular complexity index is 795. The van der Waals surface area contributed by atoms with E-state index in [2.05, 4.69) is 10.3 Å². The number of H-pyrrole nitrogens is 2. The number of carbonyl (C=O) groups is 1. The van der Waals surface area contributed by atoms with E-state index in [-0.39, 0.29) is 18.0 Å². The van der Waals surface area contributed by atoms with Crippen molar-refractivity contribution >= 4 is 11.6 Å². The van der Waals surface area contributed by atoms with Crippen LogP contribution < -0.4 is 26.0 Å². The first-order chi connectivity index (χ1) is 10.6. The van der Waals surface area contributed by atoms with Crippen LogP contribution in [0.4, 0.5) is 5.69 Å². The molecule has 8 nitrogen and oxygen atoms in total. The maximum absolute atomic E-state index is 12.0. The van der Waals surface area contributed by atoms with E-state index in [4.69, 9.17) is 9.47 Å². The van der Waals surface area contributed by atoms with Gasteiger partial charge in [0.1, 0.15) is 13.2 Å². The van der Waals surface area contributed by atoms with Crippen LogP contribution in [0.1, 0.15) is 5.69 Å². The van der Waals surface area contributed by atoms with Gasteiger partial charge in [-0.05, 0) is 12.1 Å². The molecule has 0 spiro atoms. The van der Waals surface area contributed by atoms with Crippen molar-refractivity contribution in [2.45, 2.75) is 6.42 Å². The zero-order valence-corrected chi connectivity index (χ0v) is 11.5. The van der Waals surface area contributed by atoms with Gasteiger partial charge in [0.2, 0.25) is 5.91 Å². The molecule has 0 saturated heterocycles. The van der Waals surface area contributed by atoms with Crippen molar-refractivity contribution < 1.29 is 14.3 Å². The Balaban J connectivity index is 1.71. The Labute approximate surface area is 124 Å². The highest BCUT2D eigenvalue weighted by atomic mass is 16.6. The van der Waals surface area contributed by atoms with Crippen LogP contribution >= 0.6 is 0 Å². The molecule has 0 fully saturated rings. The number of nitrogens with one attached hydrogen (secondary N) is 3. The Morgan fingerprint density at radius 3 is 2.64 bits per heavy atom. The minimum absolute atomic E-state index is 0.117. The number of fused-ring (bicyclic) bond motifs is 1. The van der Waals surface area contributed by atoms with E-state index in [0.29, 0.717) is 30.4 Å². The van der Waals surface area contributed by atoms with E-state index >= 15 is 0 Å². The SMILES string of the molecule is O=C(Cc1cc(=O)[nH]c(=O)[nH]1)Nc1ccc2c(c1)OCCO2. The number of hydrogen-bond donors (Lipinski definition) is 3. The van der Waals surface area contributed by atoms with E-state index in [9.17, 15) is 14.4 Å². The lowest BCUT2D eigenvalue weighted by Crippen LogP contribution is -2.25. The summed E-state index contributed by atoms with van der Waals surface area (Å²) in [5, 5.41) is 2.67. The normalized spacial score (nSPS) is 12.7. The molecule has 1 aromatic carbocycles. The van der Waals surface area contributed by atoms with E-state index in [1.807, 2.05) is 4.98 Å². The van der Waals surface area contributed by atoms with Crippen LogP contribution in [0.3, 0.4) is 0 Å². The van der Waals surface area contributed by atoms with Crippen molar-refractivity contribution in [1.82, 2.24) is 9.97 Å². The first-order valence-corrected chi connectivity index (χ1v) is 6.62. The summed E-state index contributed by atoms with van der Waals surface area (Å²) in [4.78, 5) is 38.7. The van der Waals surface area contributed by atoms with Gasteiger partial charge in [0, 0.05) is 23.5 Å². The summed E-state index contributed by atoms with van der Waals surface area (Å²) >= 11 is 0. The number of ether oxygens (including phenoxy) is 2. The van der Waals surface area contributed by atoms with Crippen molar-refractivity contribution in [3.05, 3.63) is 50.8 Å². The molecule has 2 aromatic rings. The molecule has 3 N–H and O–H groups in total. The first-order valence-electron chi connectivity index (χ1n) is 6.62. The number of anilines is 1. The largest absolute Gasteiger partial charge is 0.486 e. The number of amides is 1. The maximum atomic E-state index is 12.0. The molecule has 1 amide bonds. The molecule has 1 aliphatic rings. The fraction of sp³-hybridized carbons (Fsp3) is 0.214. The van der Waals surface area contributed by atoms with Crippen LogP contribution in [0.2, 0.25) is 0 Å². The Morgan fingerprint density at radius 1 is 1.09 bits per heavy atom. The number of carbonyl (C=O) groups excluding carboxylic acids is 1. The van der Waals surface area contributed by atoms with E-state index in [0.717, 1.165) is 0 Å². The molecule has 1 aliphatic heterocycles. The molecule has 0 saturated carbocycles. The highest BCUT2D eigenvalue weighted by molar-refractivity contribution is 5.92. The molecule has 0 atom stereocenters. The van der Waals surface area contributed by atoms with E-state index in [1.54, 1.807) is 18.2 Å². The van der Waals surface area contributed by atoms with Crippen LogP contribution in [-0.4, -0.2) is 29.1 Å². The summed E-state index contributed by atoms with van der Waals surface area (Å²) < 4.78 is 10.8. The molecule has 0 aliphatic carbocycles. The third kappa shape index (κ3) is 3.17. The molecule has 114 valence electrons. The Kier molecular flexibility index (Phi) is 3.65. The van der Waals surface area contributed by atoms with Gasteiger partial charge in [0.15, 0.2) is 11.5 Å². The molecule has 0 unspecified atom stereocenters. The van der Waals surface area contributed by atoms with Crippen LogP contribution in [-0.2, 0) is 11.2 Å². The lowest BCUT2D eigenvalue weighted by Gasteiger charge is -2.19. The smallest absolute Gasteiger partial charge is 0.325 e. The zero-order valence-electron chi connectivity index (χ0n) is 11.5. The zero-order chi connectivity index (χ0) is 15.5. The highest BCUT2D eigenvalue weighted by Crippen LogP contribution is 2.32. The molecule has 22 heavy (non-hydrogen) atoms. The average molecular weight is 303 g/mol. The number of aromatic amines is 2. The number of rotatable bonds is 3. The minimum atomic E-state index is -0.644. The van der Waals surface area contributed by atoms with Gasteiger partial charge in [0.25, 0.3) is 5.56 Å². The van der Waals surface area contributed by atoms with E-state index in [1.165, 1.54) is 6.07 Å². The summed E-state index contributed by atoms with van der Waals surface area (Å²) in [7, 11) is 0. The van der Waals surface area contributed by atoms with Crippen molar-refractivity contribution in [2.24, 2.45) is 0 Å². The van der Waals surface area contributed by atoms with Crippen LogP contribution in [0.15, 0.2) is 33.9 Å². The third-order valence-electron chi connectivity index (χ3n) is 2.99. The second-order valence-corrected chi connectivity index (χ2v) is 4.70. The highest BCUT2D eigenvalue weighted by Gasteiger charge is 2.13. The molecular formula is C14H13N3O5. The van der Waals surface area contributed by atoms with Gasteiger partial charge in [-0.2, -0.15) is 0 Å². The summed E-state index contributed by atoms with van der Waals surface area (Å²) in [6.45, 7) is 0.951. The predicted molar refractivity (Wildman–Crippen MR) is 77.4 cm³/mol. The van der Waals surface area contributed by atoms with E-state index < -0.39 is 11.2 Å². The van der Waals surface area contributed by atoms with Gasteiger partial charge >= 0.3 is 5.69 Å². The fourth-order valence-corrected chi connectivity index (χ4v) is 2.11. The van der Waals surface area contributed by atoms with Gasteiger partial charge in [-0.25, -0.2) is 4.79 Å². The van der Waals surface area contributed by atoms with Gasteiger partial charge < -0.3 is 19.8 Å². The maximum Gasteiger partial charge on any atom is 0.325 e. The fourth-order valence-electron chi connectivity index (χ4n) is 2.11. The molecule has 2 heterocycles. The van der Waals surface area contributed by atoms with Gasteiger partial charge in [-0.15, -0.1) is 0 Å². The standard InChI is InChI=1S/C14H13N3O5/c18-12(6-9-7-13(19)17-14(20)16-9)15-8-1-2-10-11(5-8)22-4-3-21-10/h1-2,5,7H,3-4,6H2,(H,15,18)(H2,16,17,19,20). The van der Waals surface area contributed by atoms with Crippen molar-refractivity contribution in [3.63, 3.8) is 0 Å². The molecular weight excluding hydrogens is 290 g/mol. The number of aromatic nitrogens is 2. The van der Waals surface area contributed by atoms with Gasteiger partial charge in [-0.3, -0.25) is 14.6 Å². The van der Waals surface area contributed by atoms with Crippen molar-refractivity contribution in [2.75, 3.05) is 18.5 Å². The summed E-state index contributed by atoms with van der Waals surface area (Å²) in [6.07, 6.45) is -0.117. The average Bonchev–Trinajstić information content (AvgIpc) is 2.45. The molecule has 0 radical (unpaired) electrons.